The van der Waals surface area contributed by atoms with Gasteiger partial charge < -0.3 is 10.5 Å². The molecular formula is C14H20ClNO. The van der Waals surface area contributed by atoms with Crippen molar-refractivity contribution >= 4 is 11.6 Å². The van der Waals surface area contributed by atoms with Crippen LogP contribution >= 0.6 is 11.6 Å². The smallest absolute Gasteiger partial charge is 0.138 e. The lowest BCUT2D eigenvalue weighted by Gasteiger charge is -2.37. The molecule has 0 amide bonds. The number of para-hydroxylation sites is 1. The molecule has 2 rings (SSSR count). The molecule has 0 aromatic heterocycles. The van der Waals surface area contributed by atoms with Crippen LogP contribution < -0.4 is 10.5 Å². The highest BCUT2D eigenvalue weighted by Gasteiger charge is 2.33. The van der Waals surface area contributed by atoms with Crippen molar-refractivity contribution in [2.75, 3.05) is 0 Å². The van der Waals surface area contributed by atoms with Crippen LogP contribution in [0.5, 0.6) is 5.75 Å². The van der Waals surface area contributed by atoms with Gasteiger partial charge in [-0.1, -0.05) is 37.6 Å². The van der Waals surface area contributed by atoms with Crippen LogP contribution in [0.15, 0.2) is 24.3 Å². The summed E-state index contributed by atoms with van der Waals surface area (Å²) in [6.45, 7) is 4.46. The first-order valence-electron chi connectivity index (χ1n) is 6.24. The molecule has 1 saturated carbocycles. The summed E-state index contributed by atoms with van der Waals surface area (Å²) in [5, 5.41) is 0.658. The molecular weight excluding hydrogens is 234 g/mol. The van der Waals surface area contributed by atoms with Gasteiger partial charge in [-0.15, -0.1) is 0 Å². The number of benzene rings is 1. The fourth-order valence-electron chi connectivity index (χ4n) is 2.78. The first kappa shape index (κ1) is 12.7. The Balaban J connectivity index is 2.10. The van der Waals surface area contributed by atoms with Gasteiger partial charge in [-0.2, -0.15) is 0 Å². The van der Waals surface area contributed by atoms with Crippen LogP contribution in [0.1, 0.15) is 26.7 Å². The third-order valence-corrected chi connectivity index (χ3v) is 3.84. The van der Waals surface area contributed by atoms with E-state index in [0.717, 1.165) is 12.2 Å². The van der Waals surface area contributed by atoms with Crippen molar-refractivity contribution in [1.29, 1.82) is 0 Å². The average Bonchev–Trinajstić information content (AvgIpc) is 2.25. The minimum absolute atomic E-state index is 0.0751. The van der Waals surface area contributed by atoms with Crippen molar-refractivity contribution in [3.05, 3.63) is 29.3 Å². The Morgan fingerprint density at radius 1 is 1.24 bits per heavy atom. The van der Waals surface area contributed by atoms with Crippen molar-refractivity contribution in [3.8, 4) is 5.75 Å². The lowest BCUT2D eigenvalue weighted by Crippen LogP contribution is -2.48. The van der Waals surface area contributed by atoms with Gasteiger partial charge in [0.15, 0.2) is 0 Å². The molecule has 1 fully saturated rings. The number of halogens is 1. The molecule has 0 spiro atoms. The molecule has 2 N–H and O–H groups in total. The summed E-state index contributed by atoms with van der Waals surface area (Å²) in [5.41, 5.74) is 6.19. The predicted molar refractivity (Wildman–Crippen MR) is 71.4 cm³/mol. The Morgan fingerprint density at radius 2 is 1.94 bits per heavy atom. The van der Waals surface area contributed by atoms with Crippen molar-refractivity contribution in [3.63, 3.8) is 0 Å². The molecule has 94 valence electrons. The standard InChI is InChI=1S/C14H20ClNO/c1-9-7-10(2)14(12(16)8-9)17-13-6-4-3-5-11(13)15/h3-6,9-10,12,14H,7-8,16H2,1-2H3. The molecule has 0 bridgehead atoms. The van der Waals surface area contributed by atoms with Crippen molar-refractivity contribution < 1.29 is 4.74 Å². The van der Waals surface area contributed by atoms with Crippen LogP contribution in [-0.4, -0.2) is 12.1 Å². The lowest BCUT2D eigenvalue weighted by atomic mass is 9.78. The Morgan fingerprint density at radius 3 is 2.59 bits per heavy atom. The topological polar surface area (TPSA) is 35.2 Å². The van der Waals surface area contributed by atoms with Crippen LogP contribution in [0, 0.1) is 11.8 Å². The molecule has 0 radical (unpaired) electrons. The minimum Gasteiger partial charge on any atom is -0.487 e. The largest absolute Gasteiger partial charge is 0.487 e. The second-order valence-electron chi connectivity index (χ2n) is 5.23. The van der Waals surface area contributed by atoms with Crippen molar-refractivity contribution in [2.45, 2.75) is 38.8 Å². The molecule has 17 heavy (non-hydrogen) atoms. The molecule has 3 heteroatoms. The molecule has 1 aromatic carbocycles. The van der Waals surface area contributed by atoms with Crippen LogP contribution in [-0.2, 0) is 0 Å². The van der Waals surface area contributed by atoms with Gasteiger partial charge in [0.1, 0.15) is 11.9 Å². The summed E-state index contributed by atoms with van der Waals surface area (Å²) in [4.78, 5) is 0. The summed E-state index contributed by atoms with van der Waals surface area (Å²) >= 11 is 6.10. The number of nitrogens with two attached hydrogens (primary N) is 1. The molecule has 0 aliphatic heterocycles. The molecule has 4 atom stereocenters. The lowest BCUT2D eigenvalue weighted by molar-refractivity contribution is 0.0627. The molecule has 1 aromatic rings. The number of hydrogen-bond acceptors (Lipinski definition) is 2. The highest BCUT2D eigenvalue weighted by Crippen LogP contribution is 2.33. The third kappa shape index (κ3) is 2.93. The summed E-state index contributed by atoms with van der Waals surface area (Å²) in [6.07, 6.45) is 2.27. The highest BCUT2D eigenvalue weighted by molar-refractivity contribution is 6.32. The zero-order chi connectivity index (χ0) is 12.4. The maximum atomic E-state index is 6.19. The molecule has 0 saturated heterocycles. The first-order valence-corrected chi connectivity index (χ1v) is 6.62. The Kier molecular flexibility index (Phi) is 3.95. The van der Waals surface area contributed by atoms with Gasteiger partial charge in [0.05, 0.1) is 5.02 Å². The molecule has 4 unspecified atom stereocenters. The van der Waals surface area contributed by atoms with E-state index in [1.807, 2.05) is 24.3 Å². The van der Waals surface area contributed by atoms with Gasteiger partial charge >= 0.3 is 0 Å². The van der Waals surface area contributed by atoms with Crippen LogP contribution in [0.3, 0.4) is 0 Å². The second-order valence-corrected chi connectivity index (χ2v) is 5.64. The van der Waals surface area contributed by atoms with E-state index in [9.17, 15) is 0 Å². The zero-order valence-corrected chi connectivity index (χ0v) is 11.2. The quantitative estimate of drug-likeness (QED) is 0.876. The molecule has 1 aliphatic carbocycles. The van der Waals surface area contributed by atoms with E-state index in [2.05, 4.69) is 13.8 Å². The minimum atomic E-state index is 0.0751. The third-order valence-electron chi connectivity index (χ3n) is 3.53. The Bertz CT molecular complexity index is 370. The van der Waals surface area contributed by atoms with Gasteiger partial charge in [-0.25, -0.2) is 0 Å². The van der Waals surface area contributed by atoms with E-state index in [-0.39, 0.29) is 12.1 Å². The van der Waals surface area contributed by atoms with Gasteiger partial charge in [0.25, 0.3) is 0 Å². The van der Waals surface area contributed by atoms with E-state index < -0.39 is 0 Å². The van der Waals surface area contributed by atoms with Crippen molar-refractivity contribution in [2.24, 2.45) is 17.6 Å². The highest BCUT2D eigenvalue weighted by atomic mass is 35.5. The fraction of sp³-hybridized carbons (Fsp3) is 0.571. The number of hydrogen-bond donors (Lipinski definition) is 1. The second kappa shape index (κ2) is 5.28. The number of rotatable bonds is 2. The van der Waals surface area contributed by atoms with Gasteiger partial charge in [-0.3, -0.25) is 0 Å². The monoisotopic (exact) mass is 253 g/mol. The van der Waals surface area contributed by atoms with E-state index >= 15 is 0 Å². The molecule has 2 nitrogen and oxygen atoms in total. The number of ether oxygens (including phenoxy) is 1. The van der Waals surface area contributed by atoms with Crippen LogP contribution in [0.4, 0.5) is 0 Å². The van der Waals surface area contributed by atoms with Crippen LogP contribution in [0.25, 0.3) is 0 Å². The van der Waals surface area contributed by atoms with E-state index in [0.29, 0.717) is 16.9 Å². The van der Waals surface area contributed by atoms with Crippen molar-refractivity contribution in [1.82, 2.24) is 0 Å². The summed E-state index contributed by atoms with van der Waals surface area (Å²) in [6, 6.07) is 7.69. The zero-order valence-electron chi connectivity index (χ0n) is 10.4. The Hall–Kier alpha value is -0.730. The van der Waals surface area contributed by atoms with Gasteiger partial charge in [0, 0.05) is 6.04 Å². The normalized spacial score (nSPS) is 33.4. The van der Waals surface area contributed by atoms with Gasteiger partial charge in [-0.05, 0) is 36.8 Å². The summed E-state index contributed by atoms with van der Waals surface area (Å²) in [7, 11) is 0. The van der Waals surface area contributed by atoms with E-state index in [4.69, 9.17) is 22.1 Å². The Labute approximate surface area is 108 Å². The predicted octanol–water partition coefficient (Wildman–Crippen LogP) is 3.48. The SMILES string of the molecule is CC1CC(C)C(Oc2ccccc2Cl)C(N)C1. The summed E-state index contributed by atoms with van der Waals surface area (Å²) in [5.74, 6) is 1.91. The summed E-state index contributed by atoms with van der Waals surface area (Å²) < 4.78 is 6.00. The van der Waals surface area contributed by atoms with E-state index in [1.165, 1.54) is 6.42 Å². The molecule has 1 aliphatic rings. The van der Waals surface area contributed by atoms with Gasteiger partial charge in [0.2, 0.25) is 0 Å². The van der Waals surface area contributed by atoms with E-state index in [1.54, 1.807) is 0 Å². The van der Waals surface area contributed by atoms with Crippen LogP contribution in [0.2, 0.25) is 5.02 Å². The maximum Gasteiger partial charge on any atom is 0.138 e. The first-order chi connectivity index (χ1) is 8.08. The fourth-order valence-corrected chi connectivity index (χ4v) is 2.96. The molecule has 0 heterocycles. The maximum absolute atomic E-state index is 6.19. The average molecular weight is 254 g/mol.